The van der Waals surface area contributed by atoms with Crippen molar-refractivity contribution in [2.24, 2.45) is 0 Å². The van der Waals surface area contributed by atoms with Crippen molar-refractivity contribution < 1.29 is 28.7 Å². The molecule has 0 saturated heterocycles. The third-order valence-electron chi connectivity index (χ3n) is 0.898. The summed E-state index contributed by atoms with van der Waals surface area (Å²) in [5, 5.41) is 0. The van der Waals surface area contributed by atoms with Gasteiger partial charge in [0.1, 0.15) is 7.85 Å². The summed E-state index contributed by atoms with van der Waals surface area (Å²) in [5.74, 6) is -4.77. The van der Waals surface area contributed by atoms with E-state index in [1.54, 1.807) is 0 Å². The summed E-state index contributed by atoms with van der Waals surface area (Å²) in [7, 11) is 1.45. The molecule has 6 nitrogen and oxygen atoms in total. The molecule has 72 valence electrons. The quantitative estimate of drug-likeness (QED) is 0.199. The number of hydrogen-bond acceptors (Lipinski definition) is 6. The number of carbonyl (C=O) groups excluding carboxylic acids is 4. The predicted octanol–water partition coefficient (Wildman–Crippen LogP) is -2.45. The van der Waals surface area contributed by atoms with E-state index in [9.17, 15) is 19.2 Å². The van der Waals surface area contributed by atoms with Gasteiger partial charge in [-0.1, -0.05) is 0 Å². The predicted molar refractivity (Wildman–Crippen MR) is 48.4 cm³/mol. The first-order valence-electron chi connectivity index (χ1n) is 3.44. The summed E-state index contributed by atoms with van der Waals surface area (Å²) in [6.45, 7) is 0.951. The van der Waals surface area contributed by atoms with Crippen LogP contribution in [-0.2, 0) is 28.7 Å². The zero-order chi connectivity index (χ0) is 10.4. The van der Waals surface area contributed by atoms with E-state index < -0.39 is 23.9 Å². The first-order chi connectivity index (χ1) is 5.97. The van der Waals surface area contributed by atoms with E-state index in [-0.39, 0.29) is 25.2 Å². The van der Waals surface area contributed by atoms with Crippen LogP contribution in [0.15, 0.2) is 0 Å². The summed E-state index contributed by atoms with van der Waals surface area (Å²) in [6, 6.07) is 0. The van der Waals surface area contributed by atoms with Gasteiger partial charge in [-0.3, -0.25) is 9.59 Å². The van der Waals surface area contributed by atoms with Gasteiger partial charge in [0.25, 0.3) is 0 Å². The monoisotopic (exact) mass is 194 g/mol. The molecule has 0 N–H and O–H groups in total. The normalized spacial score (nSPS) is 8.07. The van der Waals surface area contributed by atoms with E-state index in [4.69, 9.17) is 0 Å². The van der Waals surface area contributed by atoms with Crippen molar-refractivity contribution in [2.75, 3.05) is 0 Å². The van der Waals surface area contributed by atoms with Crippen molar-refractivity contribution in [3.8, 4) is 0 Å². The molecule has 0 aromatic rings. The van der Waals surface area contributed by atoms with Gasteiger partial charge in [0.05, 0.1) is 0 Å². The van der Waals surface area contributed by atoms with Crippen molar-refractivity contribution in [1.29, 1.82) is 0 Å². The van der Waals surface area contributed by atoms with Crippen molar-refractivity contribution in [3.05, 3.63) is 0 Å². The molecule has 8 heteroatoms. The Labute approximate surface area is 92.9 Å². The molecule has 0 aromatic carbocycles. The van der Waals surface area contributed by atoms with Gasteiger partial charge < -0.3 is 9.47 Å². The van der Waals surface area contributed by atoms with Gasteiger partial charge >= 0.3 is 42.7 Å². The average Bonchev–Trinajstić information content (AvgIpc) is 2.02. The summed E-state index contributed by atoms with van der Waals surface area (Å²) in [6.07, 6.45) is -0.0426. The molecule has 0 amide bonds. The Bertz CT molecular complexity index is 263. The van der Waals surface area contributed by atoms with E-state index in [2.05, 4.69) is 9.47 Å². The second kappa shape index (κ2) is 7.36. The van der Waals surface area contributed by atoms with E-state index >= 15 is 0 Å². The van der Waals surface area contributed by atoms with E-state index in [0.29, 0.717) is 0 Å². The molecule has 0 aromatic heterocycles. The fourth-order valence-corrected chi connectivity index (χ4v) is 0.389. The van der Waals surface area contributed by atoms with Gasteiger partial charge in [-0.2, -0.15) is 0 Å². The Hall–Kier alpha value is -1.06. The molecule has 0 aliphatic rings. The molecule has 0 bridgehead atoms. The zero-order valence-electron chi connectivity index (χ0n) is 7.16. The SMILES string of the molecule is BCC(=O)OC(=O)C(=O)OC(C)=O.[LiH]. The Morgan fingerprint density at radius 1 is 1.07 bits per heavy atom. The number of carbonyl (C=O) groups is 4. The number of rotatable bonds is 1. The van der Waals surface area contributed by atoms with E-state index in [1.165, 1.54) is 7.85 Å². The second-order valence-corrected chi connectivity index (χ2v) is 2.00. The van der Waals surface area contributed by atoms with Crippen LogP contribution in [0, 0.1) is 0 Å². The summed E-state index contributed by atoms with van der Waals surface area (Å²) in [5.41, 5.74) is 0. The molecule has 0 unspecified atom stereocenters. The molecule has 0 fully saturated rings. The standard InChI is InChI=1S/C6H7BO6.Li.H/c1-3(8)12-5(10)6(11)13-4(9)2-7;;/h2,7H2,1H3;;. The topological polar surface area (TPSA) is 86.7 Å². The van der Waals surface area contributed by atoms with Gasteiger partial charge in [0.15, 0.2) is 0 Å². The Morgan fingerprint density at radius 2 is 1.50 bits per heavy atom. The fourth-order valence-electron chi connectivity index (χ4n) is 0.389. The first kappa shape index (κ1) is 15.4. The van der Waals surface area contributed by atoms with Crippen molar-refractivity contribution in [2.45, 2.75) is 13.2 Å². The first-order valence-corrected chi connectivity index (χ1v) is 3.44. The van der Waals surface area contributed by atoms with Gasteiger partial charge in [-0.15, -0.1) is 0 Å². The van der Waals surface area contributed by atoms with Crippen LogP contribution in [0.5, 0.6) is 0 Å². The van der Waals surface area contributed by atoms with Crippen LogP contribution in [0.4, 0.5) is 0 Å². The molecule has 0 aliphatic heterocycles. The molecule has 0 saturated carbocycles. The molecule has 0 heterocycles. The molecule has 0 rings (SSSR count). The van der Waals surface area contributed by atoms with Crippen LogP contribution in [0.1, 0.15) is 6.92 Å². The maximum atomic E-state index is 10.6. The Balaban J connectivity index is 0. The van der Waals surface area contributed by atoms with Gasteiger partial charge in [-0.25, -0.2) is 9.59 Å². The number of hydrogen-bond donors (Lipinski definition) is 0. The van der Waals surface area contributed by atoms with Crippen molar-refractivity contribution in [3.63, 3.8) is 0 Å². The molecule has 0 radical (unpaired) electrons. The van der Waals surface area contributed by atoms with Gasteiger partial charge in [-0.05, 0) is 0 Å². The van der Waals surface area contributed by atoms with Crippen molar-refractivity contribution >= 4 is 50.6 Å². The Morgan fingerprint density at radius 3 is 1.86 bits per heavy atom. The van der Waals surface area contributed by atoms with Crippen LogP contribution < -0.4 is 0 Å². The minimum atomic E-state index is -1.49. The molecule has 14 heavy (non-hydrogen) atoms. The van der Waals surface area contributed by atoms with Crippen LogP contribution >= 0.6 is 0 Å². The minimum absolute atomic E-state index is 0. The molecule has 0 spiro atoms. The molecule has 0 aliphatic carbocycles. The van der Waals surface area contributed by atoms with E-state index in [1.807, 2.05) is 0 Å². The fraction of sp³-hybridized carbons (Fsp3) is 0.333. The summed E-state index contributed by atoms with van der Waals surface area (Å²) in [4.78, 5) is 41.8. The maximum absolute atomic E-state index is 10.6. The van der Waals surface area contributed by atoms with Crippen LogP contribution in [-0.4, -0.2) is 50.6 Å². The average molecular weight is 194 g/mol. The van der Waals surface area contributed by atoms with Gasteiger partial charge in [0.2, 0.25) is 0 Å². The van der Waals surface area contributed by atoms with Gasteiger partial charge in [0, 0.05) is 13.2 Å². The third-order valence-corrected chi connectivity index (χ3v) is 0.898. The molecular weight excluding hydrogens is 186 g/mol. The van der Waals surface area contributed by atoms with Crippen molar-refractivity contribution in [1.82, 2.24) is 0 Å². The van der Waals surface area contributed by atoms with Crippen LogP contribution in [0.2, 0.25) is 6.32 Å². The number of esters is 4. The number of ether oxygens (including phenoxy) is 2. The van der Waals surface area contributed by atoms with Crippen LogP contribution in [0.25, 0.3) is 0 Å². The van der Waals surface area contributed by atoms with Crippen LogP contribution in [0.3, 0.4) is 0 Å². The summed E-state index contributed by atoms with van der Waals surface area (Å²) >= 11 is 0. The second-order valence-electron chi connectivity index (χ2n) is 2.00. The summed E-state index contributed by atoms with van der Waals surface area (Å²) < 4.78 is 7.81. The third kappa shape index (κ3) is 6.46. The van der Waals surface area contributed by atoms with E-state index in [0.717, 1.165) is 6.92 Å². The molecule has 0 atom stereocenters. The molecular formula is C6H8BLiO6. The Kier molecular flexibility index (Phi) is 8.10. The zero-order valence-corrected chi connectivity index (χ0v) is 7.16.